The molecule has 32 heavy (non-hydrogen) atoms. The first kappa shape index (κ1) is 22.8. The molecule has 0 unspecified atom stereocenters. The first-order chi connectivity index (χ1) is 15.4. The Morgan fingerprint density at radius 1 is 0.938 bits per heavy atom. The van der Waals surface area contributed by atoms with Crippen molar-refractivity contribution in [2.45, 2.75) is 58.2 Å². The molecule has 0 atom stereocenters. The van der Waals surface area contributed by atoms with Gasteiger partial charge in [0.15, 0.2) is 6.29 Å². The van der Waals surface area contributed by atoms with Crippen molar-refractivity contribution in [3.8, 4) is 5.75 Å². The summed E-state index contributed by atoms with van der Waals surface area (Å²) >= 11 is 0. The van der Waals surface area contributed by atoms with Crippen molar-refractivity contribution in [2.24, 2.45) is 5.92 Å². The molecule has 1 saturated heterocycles. The molecule has 1 aromatic heterocycles. The Bertz CT molecular complexity index is 1020. The minimum absolute atomic E-state index is 0.133. The molecule has 4 heteroatoms. The average molecular weight is 434 g/mol. The first-order valence-electron chi connectivity index (χ1n) is 11.7. The van der Waals surface area contributed by atoms with Gasteiger partial charge in [0, 0.05) is 23.9 Å². The molecular formula is C28H35NO3. The molecule has 0 spiro atoms. The van der Waals surface area contributed by atoms with Crippen molar-refractivity contribution in [2.75, 3.05) is 20.3 Å². The summed E-state index contributed by atoms with van der Waals surface area (Å²) in [6.07, 6.45) is 5.63. The first-order valence-corrected chi connectivity index (χ1v) is 11.7. The number of methoxy groups -OCH3 is 1. The van der Waals surface area contributed by atoms with Gasteiger partial charge in [0.1, 0.15) is 5.75 Å². The molecule has 2 heterocycles. The summed E-state index contributed by atoms with van der Waals surface area (Å²) in [6, 6.07) is 17.2. The maximum Gasteiger partial charge on any atom is 0.157 e. The summed E-state index contributed by atoms with van der Waals surface area (Å²) in [5, 5.41) is 1.14. The van der Waals surface area contributed by atoms with Crippen LogP contribution in [0.1, 0.15) is 50.3 Å². The number of rotatable bonds is 7. The van der Waals surface area contributed by atoms with Gasteiger partial charge in [-0.2, -0.15) is 0 Å². The lowest BCUT2D eigenvalue weighted by Crippen LogP contribution is -2.32. The van der Waals surface area contributed by atoms with Crippen molar-refractivity contribution in [3.05, 3.63) is 71.4 Å². The van der Waals surface area contributed by atoms with Crippen molar-refractivity contribution in [1.29, 1.82) is 0 Å². The van der Waals surface area contributed by atoms with Gasteiger partial charge >= 0.3 is 0 Å². The van der Waals surface area contributed by atoms with Crippen LogP contribution in [0.4, 0.5) is 0 Å². The highest BCUT2D eigenvalue weighted by Gasteiger charge is 2.22. The predicted molar refractivity (Wildman–Crippen MR) is 129 cm³/mol. The molecule has 4 rings (SSSR count). The number of ether oxygens (including phenoxy) is 3. The van der Waals surface area contributed by atoms with E-state index < -0.39 is 0 Å². The molecule has 0 amide bonds. The van der Waals surface area contributed by atoms with Crippen LogP contribution in [0, 0.1) is 5.92 Å². The van der Waals surface area contributed by atoms with Crippen LogP contribution in [-0.2, 0) is 27.7 Å². The number of pyridine rings is 1. The van der Waals surface area contributed by atoms with Crippen LogP contribution in [0.25, 0.3) is 10.9 Å². The van der Waals surface area contributed by atoms with Crippen LogP contribution in [0.15, 0.2) is 54.7 Å². The van der Waals surface area contributed by atoms with Crippen LogP contribution in [-0.4, -0.2) is 31.6 Å². The van der Waals surface area contributed by atoms with E-state index in [9.17, 15) is 0 Å². The third-order valence-electron chi connectivity index (χ3n) is 6.39. The maximum atomic E-state index is 6.06. The van der Waals surface area contributed by atoms with Crippen molar-refractivity contribution < 1.29 is 14.2 Å². The van der Waals surface area contributed by atoms with Crippen molar-refractivity contribution in [1.82, 2.24) is 4.98 Å². The van der Waals surface area contributed by atoms with Gasteiger partial charge in [0.2, 0.25) is 0 Å². The van der Waals surface area contributed by atoms with E-state index in [1.165, 1.54) is 16.7 Å². The number of aryl methyl sites for hydroxylation is 2. The van der Waals surface area contributed by atoms with Crippen LogP contribution in [0.5, 0.6) is 5.75 Å². The Morgan fingerprint density at radius 3 is 2.38 bits per heavy atom. The standard InChI is InChI=1S/C28H35NO3/c1-28(2,3)23-10-7-20(8-11-23)5-6-21-18-31-27(32-19-21)14-9-22-15-16-29-26-13-12-24(30-4)17-25(22)26/h7-8,10-13,15-17,21,27H,5-6,9,14,18-19H2,1-4H3. The second kappa shape index (κ2) is 10.0. The molecule has 1 aliphatic rings. The monoisotopic (exact) mass is 433 g/mol. The van der Waals surface area contributed by atoms with Gasteiger partial charge in [-0.1, -0.05) is 45.0 Å². The van der Waals surface area contributed by atoms with Gasteiger partial charge in [0.25, 0.3) is 0 Å². The second-order valence-electron chi connectivity index (χ2n) is 9.84. The van der Waals surface area contributed by atoms with Gasteiger partial charge in [-0.3, -0.25) is 4.98 Å². The van der Waals surface area contributed by atoms with E-state index in [1.54, 1.807) is 7.11 Å². The van der Waals surface area contributed by atoms with E-state index in [2.05, 4.69) is 62.2 Å². The van der Waals surface area contributed by atoms with Gasteiger partial charge in [0.05, 0.1) is 25.8 Å². The highest BCUT2D eigenvalue weighted by atomic mass is 16.7. The van der Waals surface area contributed by atoms with Crippen LogP contribution >= 0.6 is 0 Å². The molecule has 3 aromatic rings. The van der Waals surface area contributed by atoms with Crippen LogP contribution in [0.2, 0.25) is 0 Å². The van der Waals surface area contributed by atoms with Crippen molar-refractivity contribution in [3.63, 3.8) is 0 Å². The zero-order valence-corrected chi connectivity index (χ0v) is 19.8. The summed E-state index contributed by atoms with van der Waals surface area (Å²) < 4.78 is 17.5. The molecule has 1 fully saturated rings. The smallest absolute Gasteiger partial charge is 0.157 e. The Kier molecular flexibility index (Phi) is 7.12. The fourth-order valence-electron chi connectivity index (χ4n) is 4.26. The maximum absolute atomic E-state index is 6.06. The molecule has 0 bridgehead atoms. The Morgan fingerprint density at radius 2 is 1.69 bits per heavy atom. The Hall–Kier alpha value is -2.43. The van der Waals surface area contributed by atoms with Crippen molar-refractivity contribution >= 4 is 10.9 Å². The third-order valence-corrected chi connectivity index (χ3v) is 6.39. The zero-order chi connectivity index (χ0) is 22.6. The van der Waals surface area contributed by atoms with Gasteiger partial charge in [-0.05, 0) is 65.6 Å². The molecule has 0 N–H and O–H groups in total. The van der Waals surface area contributed by atoms with Gasteiger partial charge in [-0.15, -0.1) is 0 Å². The molecule has 1 aliphatic heterocycles. The van der Waals surface area contributed by atoms with E-state index in [-0.39, 0.29) is 11.7 Å². The van der Waals surface area contributed by atoms with Crippen LogP contribution in [0.3, 0.4) is 0 Å². The molecule has 2 aromatic carbocycles. The number of aromatic nitrogens is 1. The van der Waals surface area contributed by atoms with Crippen LogP contribution < -0.4 is 4.74 Å². The normalized spacial score (nSPS) is 19.2. The minimum Gasteiger partial charge on any atom is -0.497 e. The topological polar surface area (TPSA) is 40.6 Å². The minimum atomic E-state index is -0.133. The number of fused-ring (bicyclic) bond motifs is 1. The molecule has 170 valence electrons. The fourth-order valence-corrected chi connectivity index (χ4v) is 4.26. The Labute approximate surface area is 191 Å². The number of hydrogen-bond donors (Lipinski definition) is 0. The molecular weight excluding hydrogens is 398 g/mol. The van der Waals surface area contributed by atoms with E-state index in [1.807, 2.05) is 18.3 Å². The number of hydrogen-bond acceptors (Lipinski definition) is 4. The largest absolute Gasteiger partial charge is 0.497 e. The van der Waals surface area contributed by atoms with E-state index in [4.69, 9.17) is 14.2 Å². The lowest BCUT2D eigenvalue weighted by molar-refractivity contribution is -0.203. The number of nitrogens with zero attached hydrogens (tertiary/aromatic N) is 1. The van der Waals surface area contributed by atoms with E-state index in [0.29, 0.717) is 5.92 Å². The zero-order valence-electron chi connectivity index (χ0n) is 19.8. The highest BCUT2D eigenvalue weighted by molar-refractivity contribution is 5.83. The SMILES string of the molecule is COc1ccc2nccc(CCC3OCC(CCc4ccc(C(C)(C)C)cc4)CO3)c2c1. The summed E-state index contributed by atoms with van der Waals surface area (Å²) in [5.41, 5.74) is 5.22. The second-order valence-corrected chi connectivity index (χ2v) is 9.84. The molecule has 0 saturated carbocycles. The summed E-state index contributed by atoms with van der Waals surface area (Å²) in [5.74, 6) is 1.31. The summed E-state index contributed by atoms with van der Waals surface area (Å²) in [4.78, 5) is 4.47. The molecule has 4 nitrogen and oxygen atoms in total. The molecule has 0 aliphatic carbocycles. The lowest BCUT2D eigenvalue weighted by Gasteiger charge is -2.29. The average Bonchev–Trinajstić information content (AvgIpc) is 2.81. The van der Waals surface area contributed by atoms with E-state index >= 15 is 0 Å². The highest BCUT2D eigenvalue weighted by Crippen LogP contribution is 2.26. The summed E-state index contributed by atoms with van der Waals surface area (Å²) in [7, 11) is 1.69. The quantitative estimate of drug-likeness (QED) is 0.452. The fraction of sp³-hybridized carbons (Fsp3) is 0.464. The predicted octanol–water partition coefficient (Wildman–Crippen LogP) is 6.10. The van der Waals surface area contributed by atoms with Gasteiger partial charge < -0.3 is 14.2 Å². The van der Waals surface area contributed by atoms with E-state index in [0.717, 1.165) is 55.5 Å². The van der Waals surface area contributed by atoms with Gasteiger partial charge in [-0.25, -0.2) is 0 Å². The lowest BCUT2D eigenvalue weighted by atomic mass is 9.86. The number of benzene rings is 2. The Balaban J connectivity index is 1.24. The summed E-state index contributed by atoms with van der Waals surface area (Å²) in [6.45, 7) is 8.31. The third kappa shape index (κ3) is 5.67. The molecule has 0 radical (unpaired) electrons.